The molecule has 4 aromatic rings. The Kier molecular flexibility index (Phi) is 4.43. The van der Waals surface area contributed by atoms with Crippen LogP contribution >= 0.6 is 0 Å². The summed E-state index contributed by atoms with van der Waals surface area (Å²) in [7, 11) is 0. The summed E-state index contributed by atoms with van der Waals surface area (Å²) >= 11 is 0. The number of ether oxygens (including phenoxy) is 1. The third-order valence-electron chi connectivity index (χ3n) is 5.24. The lowest BCUT2D eigenvalue weighted by molar-refractivity contribution is -0.0360. The zero-order chi connectivity index (χ0) is 18.9. The second-order valence-electron chi connectivity index (χ2n) is 7.26. The van der Waals surface area contributed by atoms with Crippen LogP contribution in [0.5, 0.6) is 0 Å². The van der Waals surface area contributed by atoms with Crippen LogP contribution in [0.15, 0.2) is 65.4 Å². The number of hydrogen-bond acceptors (Lipinski definition) is 5. The van der Waals surface area contributed by atoms with Gasteiger partial charge in [-0.1, -0.05) is 41.1 Å². The number of hydrogen-bond donors (Lipinski definition) is 0. The summed E-state index contributed by atoms with van der Waals surface area (Å²) in [5.74, 6) is 0.969. The maximum atomic E-state index is 6.02. The SMILES string of the molecule is Cc1ccc(-c2ccc3c([C@H]4CN(Cc5ccco5)CCO4)nnn3c2)cc1. The molecular weight excluding hydrogens is 352 g/mol. The highest BCUT2D eigenvalue weighted by atomic mass is 16.5. The summed E-state index contributed by atoms with van der Waals surface area (Å²) in [6.45, 7) is 5.20. The van der Waals surface area contributed by atoms with E-state index in [1.165, 1.54) is 11.1 Å². The Morgan fingerprint density at radius 3 is 2.75 bits per heavy atom. The van der Waals surface area contributed by atoms with Crippen molar-refractivity contribution in [2.75, 3.05) is 19.7 Å². The zero-order valence-electron chi connectivity index (χ0n) is 15.8. The second kappa shape index (κ2) is 7.22. The highest BCUT2D eigenvalue weighted by Gasteiger charge is 2.26. The number of fused-ring (bicyclic) bond motifs is 1. The predicted octanol–water partition coefficient (Wildman–Crippen LogP) is 3.87. The minimum absolute atomic E-state index is 0.0913. The van der Waals surface area contributed by atoms with Crippen LogP contribution in [-0.4, -0.2) is 39.4 Å². The molecule has 1 aromatic carbocycles. The van der Waals surface area contributed by atoms with Gasteiger partial charge < -0.3 is 9.15 Å². The summed E-state index contributed by atoms with van der Waals surface area (Å²) in [5, 5.41) is 8.79. The van der Waals surface area contributed by atoms with Crippen molar-refractivity contribution in [3.05, 3.63) is 78.0 Å². The monoisotopic (exact) mass is 374 g/mol. The smallest absolute Gasteiger partial charge is 0.121 e. The maximum absolute atomic E-state index is 6.02. The molecule has 5 rings (SSSR count). The minimum Gasteiger partial charge on any atom is -0.468 e. The number of benzene rings is 1. The van der Waals surface area contributed by atoms with E-state index < -0.39 is 0 Å². The molecule has 142 valence electrons. The molecule has 0 saturated carbocycles. The Balaban J connectivity index is 1.39. The molecule has 0 aliphatic carbocycles. The van der Waals surface area contributed by atoms with Gasteiger partial charge in [-0.2, -0.15) is 0 Å². The van der Waals surface area contributed by atoms with Crippen LogP contribution in [-0.2, 0) is 11.3 Å². The molecule has 0 radical (unpaired) electrons. The molecule has 1 atom stereocenters. The molecular formula is C22H22N4O2. The van der Waals surface area contributed by atoms with Gasteiger partial charge in [-0.05, 0) is 30.7 Å². The van der Waals surface area contributed by atoms with Crippen LogP contribution < -0.4 is 0 Å². The molecule has 3 aromatic heterocycles. The van der Waals surface area contributed by atoms with Gasteiger partial charge >= 0.3 is 0 Å². The molecule has 6 nitrogen and oxygen atoms in total. The molecule has 28 heavy (non-hydrogen) atoms. The number of pyridine rings is 1. The fraction of sp³-hybridized carbons (Fsp3) is 0.273. The first-order valence-electron chi connectivity index (χ1n) is 9.54. The number of aryl methyl sites for hydroxylation is 1. The van der Waals surface area contributed by atoms with Crippen LogP contribution in [0.1, 0.15) is 23.1 Å². The van der Waals surface area contributed by atoms with E-state index in [0.717, 1.165) is 42.2 Å². The van der Waals surface area contributed by atoms with Crippen LogP contribution in [0.4, 0.5) is 0 Å². The van der Waals surface area contributed by atoms with Crippen molar-refractivity contribution in [3.8, 4) is 11.1 Å². The van der Waals surface area contributed by atoms with E-state index in [2.05, 4.69) is 58.5 Å². The Labute approximate surface area is 163 Å². The molecule has 0 amide bonds. The summed E-state index contributed by atoms with van der Waals surface area (Å²) in [6, 6.07) is 16.6. The normalized spacial score (nSPS) is 18.0. The lowest BCUT2D eigenvalue weighted by Gasteiger charge is -2.31. The van der Waals surface area contributed by atoms with Gasteiger partial charge in [0, 0.05) is 24.8 Å². The van der Waals surface area contributed by atoms with E-state index in [9.17, 15) is 0 Å². The van der Waals surface area contributed by atoms with Crippen molar-refractivity contribution < 1.29 is 9.15 Å². The van der Waals surface area contributed by atoms with E-state index in [1.54, 1.807) is 6.26 Å². The molecule has 0 unspecified atom stereocenters. The molecule has 6 heteroatoms. The fourth-order valence-electron chi connectivity index (χ4n) is 3.69. The van der Waals surface area contributed by atoms with Crippen molar-refractivity contribution in [1.82, 2.24) is 19.7 Å². The fourth-order valence-corrected chi connectivity index (χ4v) is 3.69. The minimum atomic E-state index is -0.0913. The number of morpholine rings is 1. The summed E-state index contributed by atoms with van der Waals surface area (Å²) in [5.41, 5.74) is 5.41. The van der Waals surface area contributed by atoms with Gasteiger partial charge in [0.15, 0.2) is 0 Å². The zero-order valence-corrected chi connectivity index (χ0v) is 15.8. The quantitative estimate of drug-likeness (QED) is 0.543. The van der Waals surface area contributed by atoms with E-state index in [-0.39, 0.29) is 6.10 Å². The predicted molar refractivity (Wildman–Crippen MR) is 106 cm³/mol. The summed E-state index contributed by atoms with van der Waals surface area (Å²) < 4.78 is 13.3. The van der Waals surface area contributed by atoms with Crippen molar-refractivity contribution >= 4 is 5.52 Å². The van der Waals surface area contributed by atoms with Crippen LogP contribution in [0.2, 0.25) is 0 Å². The Morgan fingerprint density at radius 2 is 1.93 bits per heavy atom. The summed E-state index contributed by atoms with van der Waals surface area (Å²) in [6.07, 6.45) is 3.65. The van der Waals surface area contributed by atoms with Gasteiger partial charge in [-0.3, -0.25) is 4.90 Å². The third kappa shape index (κ3) is 3.32. The average Bonchev–Trinajstić information content (AvgIpc) is 3.38. The van der Waals surface area contributed by atoms with E-state index in [0.29, 0.717) is 6.61 Å². The highest BCUT2D eigenvalue weighted by molar-refractivity contribution is 5.66. The Bertz CT molecular complexity index is 1070. The maximum Gasteiger partial charge on any atom is 0.121 e. The van der Waals surface area contributed by atoms with Gasteiger partial charge in [0.1, 0.15) is 17.6 Å². The lowest BCUT2D eigenvalue weighted by atomic mass is 10.1. The molecule has 0 bridgehead atoms. The van der Waals surface area contributed by atoms with Crippen molar-refractivity contribution in [2.45, 2.75) is 19.6 Å². The standard InChI is InChI=1S/C22H22N4O2/c1-16-4-6-17(7-5-16)18-8-9-20-22(23-24-26(20)13-18)21-15-25(10-12-28-21)14-19-3-2-11-27-19/h2-9,11,13,21H,10,12,14-15H2,1H3/t21-/m1/s1. The molecule has 1 aliphatic heterocycles. The topological polar surface area (TPSA) is 55.8 Å². The lowest BCUT2D eigenvalue weighted by Crippen LogP contribution is -2.37. The van der Waals surface area contributed by atoms with Gasteiger partial charge in [0.05, 0.1) is 24.9 Å². The van der Waals surface area contributed by atoms with Gasteiger partial charge in [-0.25, -0.2) is 4.52 Å². The van der Waals surface area contributed by atoms with E-state index in [1.807, 2.05) is 22.8 Å². The second-order valence-corrected chi connectivity index (χ2v) is 7.26. The van der Waals surface area contributed by atoms with E-state index >= 15 is 0 Å². The molecule has 4 heterocycles. The van der Waals surface area contributed by atoms with Gasteiger partial charge in [0.2, 0.25) is 0 Å². The number of furan rings is 1. The van der Waals surface area contributed by atoms with Crippen LogP contribution in [0.25, 0.3) is 16.6 Å². The van der Waals surface area contributed by atoms with Crippen LogP contribution in [0.3, 0.4) is 0 Å². The summed E-state index contributed by atoms with van der Waals surface area (Å²) in [4.78, 5) is 2.33. The largest absolute Gasteiger partial charge is 0.468 e. The molecule has 0 N–H and O–H groups in total. The molecule has 1 aliphatic rings. The number of rotatable bonds is 4. The van der Waals surface area contributed by atoms with E-state index in [4.69, 9.17) is 9.15 Å². The third-order valence-corrected chi connectivity index (χ3v) is 5.24. The first kappa shape index (κ1) is 17.2. The number of nitrogens with zero attached hydrogens (tertiary/aromatic N) is 4. The molecule has 0 spiro atoms. The van der Waals surface area contributed by atoms with Crippen molar-refractivity contribution in [1.29, 1.82) is 0 Å². The first-order valence-corrected chi connectivity index (χ1v) is 9.54. The van der Waals surface area contributed by atoms with Crippen molar-refractivity contribution in [2.24, 2.45) is 0 Å². The number of aromatic nitrogens is 3. The first-order chi connectivity index (χ1) is 13.8. The van der Waals surface area contributed by atoms with Crippen molar-refractivity contribution in [3.63, 3.8) is 0 Å². The van der Waals surface area contributed by atoms with Crippen LogP contribution in [0, 0.1) is 6.92 Å². The Morgan fingerprint density at radius 1 is 1.07 bits per heavy atom. The highest BCUT2D eigenvalue weighted by Crippen LogP contribution is 2.27. The average molecular weight is 374 g/mol. The Hall–Kier alpha value is -2.96. The van der Waals surface area contributed by atoms with Gasteiger partial charge in [-0.15, -0.1) is 5.10 Å². The molecule has 1 fully saturated rings. The molecule has 1 saturated heterocycles. The van der Waals surface area contributed by atoms with Gasteiger partial charge in [0.25, 0.3) is 0 Å².